The van der Waals surface area contributed by atoms with Crippen molar-refractivity contribution in [3.8, 4) is 5.75 Å². The number of hydrogen-bond acceptors (Lipinski definition) is 5. The number of amides is 5. The van der Waals surface area contributed by atoms with Gasteiger partial charge in [0.15, 0.2) is 0 Å². The molecule has 0 aromatic heterocycles. The van der Waals surface area contributed by atoms with Gasteiger partial charge in [-0.2, -0.15) is 0 Å². The summed E-state index contributed by atoms with van der Waals surface area (Å²) in [6.07, 6.45) is -0.534. The van der Waals surface area contributed by atoms with E-state index in [1.165, 1.54) is 24.3 Å². The molecule has 0 saturated carbocycles. The molecule has 4 aromatic carbocycles. The SMILES string of the molecule is C[C@@H]1CN([C@@H](C)CO)C(=O)Cc2cc(NC(=O)Nc3ccc(F)cc3)ccc2O[C@@H]1CN(C)C(=O)Nc1cccc2ccccc12. The fraction of sp³-hybridized carbons (Fsp3) is 0.286. The summed E-state index contributed by atoms with van der Waals surface area (Å²) >= 11 is 0. The molecule has 0 aliphatic carbocycles. The van der Waals surface area contributed by atoms with Crippen LogP contribution in [0.5, 0.6) is 5.75 Å². The van der Waals surface area contributed by atoms with E-state index < -0.39 is 24.0 Å². The number of rotatable bonds is 7. The molecule has 5 amide bonds. The molecule has 240 valence electrons. The van der Waals surface area contributed by atoms with Gasteiger partial charge in [-0.15, -0.1) is 0 Å². The number of likely N-dealkylation sites (N-methyl/N-ethyl adjacent to an activating group) is 1. The van der Waals surface area contributed by atoms with Crippen molar-refractivity contribution in [1.82, 2.24) is 9.80 Å². The lowest BCUT2D eigenvalue weighted by Crippen LogP contribution is -2.48. The summed E-state index contributed by atoms with van der Waals surface area (Å²) in [6, 6.07) is 22.7. The number of aliphatic hydroxyl groups excluding tert-OH is 1. The topological polar surface area (TPSA) is 123 Å². The minimum Gasteiger partial charge on any atom is -0.488 e. The number of nitrogens with zero attached hydrogens (tertiary/aromatic N) is 2. The number of hydrogen-bond donors (Lipinski definition) is 4. The third-order valence-corrected chi connectivity index (χ3v) is 8.11. The molecule has 5 rings (SSSR count). The fourth-order valence-electron chi connectivity index (χ4n) is 5.45. The largest absolute Gasteiger partial charge is 0.488 e. The minimum atomic E-state index is -0.539. The molecule has 0 radical (unpaired) electrons. The van der Waals surface area contributed by atoms with Crippen LogP contribution in [0.15, 0.2) is 84.9 Å². The van der Waals surface area contributed by atoms with Crippen molar-refractivity contribution in [1.29, 1.82) is 0 Å². The van der Waals surface area contributed by atoms with Crippen LogP contribution in [-0.2, 0) is 11.2 Å². The number of carbonyl (C=O) groups is 3. The van der Waals surface area contributed by atoms with Crippen molar-refractivity contribution < 1.29 is 28.6 Å². The maximum atomic E-state index is 13.5. The Hall–Kier alpha value is -5.16. The number of benzene rings is 4. The van der Waals surface area contributed by atoms with Crippen molar-refractivity contribution in [2.24, 2.45) is 5.92 Å². The lowest BCUT2D eigenvalue weighted by molar-refractivity contribution is -0.134. The first-order valence-electron chi connectivity index (χ1n) is 15.1. The van der Waals surface area contributed by atoms with Crippen molar-refractivity contribution in [3.63, 3.8) is 0 Å². The number of ether oxygens (including phenoxy) is 1. The number of carbonyl (C=O) groups excluding carboxylic acids is 3. The van der Waals surface area contributed by atoms with E-state index in [0.29, 0.717) is 34.9 Å². The summed E-state index contributed by atoms with van der Waals surface area (Å²) < 4.78 is 19.8. The van der Waals surface area contributed by atoms with Gasteiger partial charge in [0.05, 0.1) is 31.3 Å². The molecule has 3 atom stereocenters. The third-order valence-electron chi connectivity index (χ3n) is 8.11. The van der Waals surface area contributed by atoms with E-state index in [2.05, 4.69) is 16.0 Å². The number of halogens is 1. The fourth-order valence-corrected chi connectivity index (χ4v) is 5.45. The van der Waals surface area contributed by atoms with Gasteiger partial charge in [-0.1, -0.05) is 43.3 Å². The van der Waals surface area contributed by atoms with Gasteiger partial charge in [-0.3, -0.25) is 4.79 Å². The van der Waals surface area contributed by atoms with Crippen LogP contribution in [0.25, 0.3) is 10.8 Å². The molecule has 1 heterocycles. The zero-order valence-electron chi connectivity index (χ0n) is 26.0. The Bertz CT molecular complexity index is 1710. The Balaban J connectivity index is 1.36. The van der Waals surface area contributed by atoms with E-state index >= 15 is 0 Å². The summed E-state index contributed by atoms with van der Waals surface area (Å²) in [6.45, 7) is 4.04. The normalized spacial score (nSPS) is 17.1. The molecule has 4 N–H and O–H groups in total. The molecule has 0 bridgehead atoms. The number of aliphatic hydroxyl groups is 1. The average Bonchev–Trinajstić information content (AvgIpc) is 3.09. The molecule has 0 fully saturated rings. The zero-order chi connectivity index (χ0) is 32.8. The summed E-state index contributed by atoms with van der Waals surface area (Å²) in [7, 11) is 1.69. The lowest BCUT2D eigenvalue weighted by atomic mass is 10.0. The van der Waals surface area contributed by atoms with Crippen LogP contribution in [0.3, 0.4) is 0 Å². The minimum absolute atomic E-state index is 0.0222. The van der Waals surface area contributed by atoms with E-state index in [-0.39, 0.29) is 37.4 Å². The highest BCUT2D eigenvalue weighted by Crippen LogP contribution is 2.30. The zero-order valence-corrected chi connectivity index (χ0v) is 26.0. The Labute approximate surface area is 267 Å². The van der Waals surface area contributed by atoms with Gasteiger partial charge >= 0.3 is 12.1 Å². The van der Waals surface area contributed by atoms with Gasteiger partial charge in [-0.25, -0.2) is 14.0 Å². The Morgan fingerprint density at radius 1 is 1.00 bits per heavy atom. The predicted molar refractivity (Wildman–Crippen MR) is 177 cm³/mol. The summed E-state index contributed by atoms with van der Waals surface area (Å²) in [5.74, 6) is -0.372. The standard InChI is InChI=1S/C35H38FN5O5/c1-22-19-41(23(2)21-42)33(43)18-25-17-28(38-34(44)37-27-13-11-26(36)12-14-27)15-16-31(25)46-32(22)20-40(3)35(45)39-30-10-6-8-24-7-4-5-9-29(24)30/h4-17,22-23,32,42H,18-21H2,1-3H3,(H,39,45)(H2,37,38,44)/t22-,23+,32-/m1/s1. The monoisotopic (exact) mass is 627 g/mol. The van der Waals surface area contributed by atoms with Crippen molar-refractivity contribution >= 4 is 45.8 Å². The quantitative estimate of drug-likeness (QED) is 0.202. The van der Waals surface area contributed by atoms with Gasteiger partial charge in [0, 0.05) is 41.8 Å². The van der Waals surface area contributed by atoms with E-state index in [1.807, 2.05) is 49.4 Å². The first-order chi connectivity index (χ1) is 22.1. The summed E-state index contributed by atoms with van der Waals surface area (Å²) in [5.41, 5.74) is 2.08. The molecule has 0 unspecified atom stereocenters. The third kappa shape index (κ3) is 7.73. The second-order valence-electron chi connectivity index (χ2n) is 11.6. The van der Waals surface area contributed by atoms with Crippen LogP contribution >= 0.6 is 0 Å². The van der Waals surface area contributed by atoms with Crippen LogP contribution in [0.2, 0.25) is 0 Å². The molecular formula is C35H38FN5O5. The number of nitrogens with one attached hydrogen (secondary N) is 3. The summed E-state index contributed by atoms with van der Waals surface area (Å²) in [5, 5.41) is 20.3. The molecule has 1 aliphatic heterocycles. The second-order valence-corrected chi connectivity index (χ2v) is 11.6. The number of urea groups is 2. The van der Waals surface area contributed by atoms with Crippen molar-refractivity contribution in [2.75, 3.05) is 42.7 Å². The molecule has 46 heavy (non-hydrogen) atoms. The van der Waals surface area contributed by atoms with E-state index in [9.17, 15) is 23.9 Å². The van der Waals surface area contributed by atoms with Crippen LogP contribution in [0.1, 0.15) is 19.4 Å². The Morgan fingerprint density at radius 2 is 1.70 bits per heavy atom. The molecule has 10 nitrogen and oxygen atoms in total. The summed E-state index contributed by atoms with van der Waals surface area (Å²) in [4.78, 5) is 42.7. The maximum Gasteiger partial charge on any atom is 0.323 e. The van der Waals surface area contributed by atoms with Crippen LogP contribution in [0, 0.1) is 11.7 Å². The maximum absolute atomic E-state index is 13.5. The first kappa shape index (κ1) is 32.2. The molecular weight excluding hydrogens is 589 g/mol. The second kappa shape index (κ2) is 14.3. The van der Waals surface area contributed by atoms with E-state index in [0.717, 1.165) is 10.8 Å². The molecule has 4 aromatic rings. The van der Waals surface area contributed by atoms with Crippen LogP contribution in [-0.4, -0.2) is 71.8 Å². The Kier molecular flexibility index (Phi) is 10.0. The smallest absolute Gasteiger partial charge is 0.323 e. The molecule has 0 spiro atoms. The highest BCUT2D eigenvalue weighted by Gasteiger charge is 2.32. The van der Waals surface area contributed by atoms with Crippen molar-refractivity contribution in [3.05, 3.63) is 96.3 Å². The first-order valence-corrected chi connectivity index (χ1v) is 15.1. The number of fused-ring (bicyclic) bond motifs is 2. The Morgan fingerprint density at radius 3 is 2.46 bits per heavy atom. The van der Waals surface area contributed by atoms with E-state index in [4.69, 9.17) is 4.74 Å². The predicted octanol–water partition coefficient (Wildman–Crippen LogP) is 5.94. The average molecular weight is 628 g/mol. The van der Waals surface area contributed by atoms with Gasteiger partial charge in [0.25, 0.3) is 0 Å². The van der Waals surface area contributed by atoms with Crippen molar-refractivity contribution in [2.45, 2.75) is 32.4 Å². The highest BCUT2D eigenvalue weighted by atomic mass is 19.1. The van der Waals surface area contributed by atoms with E-state index in [1.54, 1.807) is 42.0 Å². The molecule has 1 aliphatic rings. The van der Waals surface area contributed by atoms with Gasteiger partial charge in [0.2, 0.25) is 5.91 Å². The molecule has 0 saturated heterocycles. The molecule has 11 heteroatoms. The number of anilines is 3. The highest BCUT2D eigenvalue weighted by molar-refractivity contribution is 6.01. The van der Waals surface area contributed by atoms with Crippen LogP contribution < -0.4 is 20.7 Å². The van der Waals surface area contributed by atoms with Crippen LogP contribution in [0.4, 0.5) is 31.0 Å². The van der Waals surface area contributed by atoms with Gasteiger partial charge in [0.1, 0.15) is 17.7 Å². The van der Waals surface area contributed by atoms with Gasteiger partial charge in [-0.05, 0) is 60.8 Å². The lowest BCUT2D eigenvalue weighted by Gasteiger charge is -2.34. The van der Waals surface area contributed by atoms with Gasteiger partial charge < -0.3 is 35.6 Å².